The first-order valence-electron chi connectivity index (χ1n) is 7.19. The minimum Gasteiger partial charge on any atom is -0.493 e. The second kappa shape index (κ2) is 7.14. The van der Waals surface area contributed by atoms with Crippen LogP contribution in [-0.4, -0.2) is 48.1 Å². The molecule has 1 atom stereocenters. The Morgan fingerprint density at radius 2 is 2.14 bits per heavy atom. The summed E-state index contributed by atoms with van der Waals surface area (Å²) >= 11 is 5.87. The lowest BCUT2D eigenvalue weighted by Gasteiger charge is -2.42. The van der Waals surface area contributed by atoms with Gasteiger partial charge in [-0.05, 0) is 26.0 Å². The first kappa shape index (κ1) is 16.1. The number of benzene rings is 1. The minimum atomic E-state index is -0.353. The van der Waals surface area contributed by atoms with Gasteiger partial charge in [0, 0.05) is 13.1 Å². The highest BCUT2D eigenvalue weighted by Gasteiger charge is 2.34. The summed E-state index contributed by atoms with van der Waals surface area (Å²) in [6, 6.07) is 9.51. The normalized spacial score (nSPS) is 21.1. The van der Waals surface area contributed by atoms with Crippen molar-refractivity contribution in [3.05, 3.63) is 30.3 Å². The van der Waals surface area contributed by atoms with E-state index in [1.807, 2.05) is 49.1 Å². The van der Waals surface area contributed by atoms with Gasteiger partial charge in [0.2, 0.25) is 5.91 Å². The molecule has 0 aliphatic carbocycles. The van der Waals surface area contributed by atoms with Crippen LogP contribution in [0.15, 0.2) is 30.3 Å². The van der Waals surface area contributed by atoms with Crippen molar-refractivity contribution >= 4 is 17.5 Å². The van der Waals surface area contributed by atoms with Crippen molar-refractivity contribution in [2.24, 2.45) is 0 Å². The number of halogens is 1. The minimum absolute atomic E-state index is 0.0809. The van der Waals surface area contributed by atoms with E-state index in [9.17, 15) is 4.79 Å². The molecule has 0 N–H and O–H groups in total. The molecule has 1 unspecified atom stereocenters. The number of amides is 1. The van der Waals surface area contributed by atoms with E-state index in [2.05, 4.69) is 0 Å². The molecule has 1 amide bonds. The molecule has 1 aliphatic heterocycles. The number of carbonyl (C=O) groups excluding carboxylic acids is 1. The fourth-order valence-corrected chi connectivity index (χ4v) is 2.66. The number of morpholine rings is 1. The van der Waals surface area contributed by atoms with E-state index in [-0.39, 0.29) is 17.6 Å². The van der Waals surface area contributed by atoms with E-state index < -0.39 is 0 Å². The summed E-state index contributed by atoms with van der Waals surface area (Å²) in [6.07, 6.45) is 0.259. The Labute approximate surface area is 131 Å². The average molecular weight is 312 g/mol. The summed E-state index contributed by atoms with van der Waals surface area (Å²) < 4.78 is 11.4. The standard InChI is InChI=1S/C16H22ClNO3/c1-16(2)12-18(11-14(10-17)21-16)15(19)8-9-20-13-6-4-3-5-7-13/h3-7,14H,8-12H2,1-2H3. The van der Waals surface area contributed by atoms with Crippen molar-refractivity contribution < 1.29 is 14.3 Å². The van der Waals surface area contributed by atoms with Gasteiger partial charge in [-0.1, -0.05) is 18.2 Å². The molecule has 21 heavy (non-hydrogen) atoms. The third kappa shape index (κ3) is 4.90. The van der Waals surface area contributed by atoms with Gasteiger partial charge in [-0.25, -0.2) is 0 Å². The lowest BCUT2D eigenvalue weighted by atomic mass is 10.1. The second-order valence-corrected chi connectivity index (χ2v) is 6.15. The molecular weight excluding hydrogens is 290 g/mol. The van der Waals surface area contributed by atoms with Crippen LogP contribution in [0.4, 0.5) is 0 Å². The predicted molar refractivity (Wildman–Crippen MR) is 82.8 cm³/mol. The van der Waals surface area contributed by atoms with E-state index in [0.717, 1.165) is 5.75 Å². The maximum Gasteiger partial charge on any atom is 0.226 e. The van der Waals surface area contributed by atoms with Crippen LogP contribution in [0.1, 0.15) is 20.3 Å². The van der Waals surface area contributed by atoms with Crippen LogP contribution >= 0.6 is 11.6 Å². The van der Waals surface area contributed by atoms with Crippen LogP contribution in [0, 0.1) is 0 Å². The number of carbonyl (C=O) groups is 1. The number of hydrogen-bond acceptors (Lipinski definition) is 3. The SMILES string of the molecule is CC1(C)CN(C(=O)CCOc2ccccc2)CC(CCl)O1. The molecule has 5 heteroatoms. The molecule has 0 aromatic heterocycles. The zero-order chi connectivity index (χ0) is 15.3. The van der Waals surface area contributed by atoms with Gasteiger partial charge in [-0.2, -0.15) is 0 Å². The van der Waals surface area contributed by atoms with Crippen LogP contribution in [0.3, 0.4) is 0 Å². The number of para-hydroxylation sites is 1. The van der Waals surface area contributed by atoms with Crippen LogP contribution < -0.4 is 4.74 Å². The number of hydrogen-bond donors (Lipinski definition) is 0. The number of nitrogens with zero attached hydrogens (tertiary/aromatic N) is 1. The summed E-state index contributed by atoms with van der Waals surface area (Å²) in [5.74, 6) is 1.26. The van der Waals surface area contributed by atoms with E-state index in [4.69, 9.17) is 21.1 Å². The summed E-state index contributed by atoms with van der Waals surface area (Å²) in [5, 5.41) is 0. The monoisotopic (exact) mass is 311 g/mol. The quantitative estimate of drug-likeness (QED) is 0.785. The molecule has 0 spiro atoms. The Morgan fingerprint density at radius 3 is 2.81 bits per heavy atom. The Bertz CT molecular complexity index is 464. The molecular formula is C16H22ClNO3. The molecule has 1 aromatic rings. The molecule has 0 bridgehead atoms. The van der Waals surface area contributed by atoms with Crippen molar-refractivity contribution in [2.75, 3.05) is 25.6 Å². The molecule has 0 radical (unpaired) electrons. The van der Waals surface area contributed by atoms with Gasteiger partial charge in [0.15, 0.2) is 0 Å². The van der Waals surface area contributed by atoms with Crippen LogP contribution in [0.5, 0.6) is 5.75 Å². The molecule has 0 saturated carbocycles. The summed E-state index contributed by atoms with van der Waals surface area (Å²) in [7, 11) is 0. The highest BCUT2D eigenvalue weighted by Crippen LogP contribution is 2.22. The first-order valence-corrected chi connectivity index (χ1v) is 7.73. The van der Waals surface area contributed by atoms with Crippen molar-refractivity contribution in [1.82, 2.24) is 4.90 Å². The molecule has 1 heterocycles. The average Bonchev–Trinajstić information content (AvgIpc) is 2.46. The maximum absolute atomic E-state index is 12.3. The molecule has 116 valence electrons. The number of ether oxygens (including phenoxy) is 2. The maximum atomic E-state index is 12.3. The summed E-state index contributed by atoms with van der Waals surface area (Å²) in [5.41, 5.74) is -0.353. The molecule has 2 rings (SSSR count). The van der Waals surface area contributed by atoms with Gasteiger partial charge in [0.25, 0.3) is 0 Å². The Kier molecular flexibility index (Phi) is 5.48. The molecule has 4 nitrogen and oxygen atoms in total. The lowest BCUT2D eigenvalue weighted by Crippen LogP contribution is -2.55. The van der Waals surface area contributed by atoms with Gasteiger partial charge in [0.1, 0.15) is 5.75 Å². The van der Waals surface area contributed by atoms with Gasteiger partial charge in [-0.3, -0.25) is 4.79 Å². The zero-order valence-corrected chi connectivity index (χ0v) is 13.3. The van der Waals surface area contributed by atoms with Crippen molar-refractivity contribution in [2.45, 2.75) is 32.0 Å². The molecule has 1 aromatic carbocycles. The number of alkyl halides is 1. The van der Waals surface area contributed by atoms with Gasteiger partial charge in [-0.15, -0.1) is 11.6 Å². The fourth-order valence-electron chi connectivity index (χ4n) is 2.50. The summed E-state index contributed by atoms with van der Waals surface area (Å²) in [4.78, 5) is 14.1. The van der Waals surface area contributed by atoms with Crippen molar-refractivity contribution in [3.8, 4) is 5.75 Å². The highest BCUT2D eigenvalue weighted by atomic mass is 35.5. The zero-order valence-electron chi connectivity index (χ0n) is 12.5. The Hall–Kier alpha value is -1.26. The van der Waals surface area contributed by atoms with Gasteiger partial charge < -0.3 is 14.4 Å². The number of rotatable bonds is 5. The van der Waals surface area contributed by atoms with Crippen LogP contribution in [0.25, 0.3) is 0 Å². The predicted octanol–water partition coefficient (Wildman–Crippen LogP) is 2.70. The Balaban J connectivity index is 1.82. The fraction of sp³-hybridized carbons (Fsp3) is 0.562. The molecule has 1 aliphatic rings. The van der Waals surface area contributed by atoms with Gasteiger partial charge in [0.05, 0.1) is 30.6 Å². The van der Waals surface area contributed by atoms with E-state index in [1.165, 1.54) is 0 Å². The van der Waals surface area contributed by atoms with Crippen molar-refractivity contribution in [3.63, 3.8) is 0 Å². The van der Waals surface area contributed by atoms with E-state index >= 15 is 0 Å². The molecule has 1 saturated heterocycles. The smallest absolute Gasteiger partial charge is 0.226 e. The first-order chi connectivity index (χ1) is 10.00. The van der Waals surface area contributed by atoms with E-state index in [1.54, 1.807) is 0 Å². The largest absolute Gasteiger partial charge is 0.493 e. The lowest BCUT2D eigenvalue weighted by molar-refractivity contribution is -0.157. The third-order valence-electron chi connectivity index (χ3n) is 3.33. The van der Waals surface area contributed by atoms with Crippen LogP contribution in [0.2, 0.25) is 0 Å². The topological polar surface area (TPSA) is 38.8 Å². The third-order valence-corrected chi connectivity index (χ3v) is 3.68. The molecule has 1 fully saturated rings. The summed E-state index contributed by atoms with van der Waals surface area (Å²) in [6.45, 7) is 5.48. The van der Waals surface area contributed by atoms with E-state index in [0.29, 0.717) is 32.0 Å². The van der Waals surface area contributed by atoms with Gasteiger partial charge >= 0.3 is 0 Å². The van der Waals surface area contributed by atoms with Crippen LogP contribution in [-0.2, 0) is 9.53 Å². The Morgan fingerprint density at radius 1 is 1.43 bits per heavy atom. The highest BCUT2D eigenvalue weighted by molar-refractivity contribution is 6.18. The second-order valence-electron chi connectivity index (χ2n) is 5.84. The van der Waals surface area contributed by atoms with Crippen molar-refractivity contribution in [1.29, 1.82) is 0 Å².